The van der Waals surface area contributed by atoms with Gasteiger partial charge in [0.2, 0.25) is 11.8 Å². The summed E-state index contributed by atoms with van der Waals surface area (Å²) in [4.78, 5) is 27.7. The third-order valence-corrected chi connectivity index (χ3v) is 8.70. The number of benzene rings is 3. The Kier molecular flexibility index (Phi) is 7.92. The lowest BCUT2D eigenvalue weighted by Gasteiger charge is -2.46. The molecule has 3 atom stereocenters. The third kappa shape index (κ3) is 5.35. The smallest absolute Gasteiger partial charge is 0.238 e. The van der Waals surface area contributed by atoms with Gasteiger partial charge in [0, 0.05) is 28.1 Å². The molecule has 3 aromatic rings. The number of rotatable bonds is 5. The molecule has 0 aliphatic carbocycles. The normalized spacial score (nSPS) is 21.5. The minimum atomic E-state index is -1.87. The average Bonchev–Trinajstić information content (AvgIpc) is 3.18. The van der Waals surface area contributed by atoms with E-state index in [-0.39, 0.29) is 42.4 Å². The van der Waals surface area contributed by atoms with Crippen LogP contribution in [0.5, 0.6) is 5.75 Å². The molecule has 0 radical (unpaired) electrons. The van der Waals surface area contributed by atoms with Gasteiger partial charge >= 0.3 is 0 Å². The number of hydrogen-bond donors (Lipinski definition) is 3. The number of aliphatic hydroxyl groups excluding tert-OH is 1. The zero-order chi connectivity index (χ0) is 29.5. The second-order valence-electron chi connectivity index (χ2n) is 11.2. The molecule has 3 unspecified atom stereocenters. The van der Waals surface area contributed by atoms with Gasteiger partial charge in [0.05, 0.1) is 23.8 Å². The molecule has 2 amide bonds. The number of amides is 2. The van der Waals surface area contributed by atoms with E-state index in [1.807, 2.05) is 6.07 Å². The molecule has 41 heavy (non-hydrogen) atoms. The summed E-state index contributed by atoms with van der Waals surface area (Å²) in [5, 5.41) is 16.2. The van der Waals surface area contributed by atoms with E-state index in [2.05, 4.69) is 41.7 Å². The maximum Gasteiger partial charge on any atom is 0.238 e. The molecule has 1 fully saturated rings. The fraction of sp³-hybridized carbons (Fsp3) is 0.290. The van der Waals surface area contributed by atoms with Crippen molar-refractivity contribution in [1.29, 1.82) is 0 Å². The number of piperidine rings is 1. The summed E-state index contributed by atoms with van der Waals surface area (Å²) in [6.45, 7) is 5.72. The van der Waals surface area contributed by atoms with Crippen LogP contribution in [0.15, 0.2) is 54.6 Å². The lowest BCUT2D eigenvalue weighted by molar-refractivity contribution is -0.131. The van der Waals surface area contributed by atoms with Crippen LogP contribution in [0.1, 0.15) is 40.6 Å². The molecule has 212 valence electrons. The van der Waals surface area contributed by atoms with E-state index < -0.39 is 37.2 Å². The zero-order valence-electron chi connectivity index (χ0n) is 22.8. The molecule has 0 aromatic heterocycles. The van der Waals surface area contributed by atoms with E-state index in [0.717, 1.165) is 0 Å². The molecule has 10 heteroatoms. The fourth-order valence-corrected chi connectivity index (χ4v) is 6.60. The Bertz CT molecular complexity index is 1610. The molecule has 2 aliphatic heterocycles. The first-order chi connectivity index (χ1) is 19.5. The van der Waals surface area contributed by atoms with E-state index in [9.17, 15) is 14.7 Å². The quantitative estimate of drug-likeness (QED) is 0.245. The molecule has 2 aliphatic rings. The standard InChI is InChI=1S/C31H29Cl2FN2O4Si/c1-41(2,3)14-11-18-7-10-25(40-13-12-37)27(28(18)34)29-31(22-9-8-21(33)16-24(22)35-30(31)39)23(17-26(38)36-29)19-5-4-6-20(32)15-19/h4-10,15-16,23,29,37H,12-13,17H2,1-3H3,(H,35,39)(H,36,38). The lowest BCUT2D eigenvalue weighted by Crippen LogP contribution is -2.57. The van der Waals surface area contributed by atoms with Crippen LogP contribution in [0, 0.1) is 17.3 Å². The molecule has 2 heterocycles. The third-order valence-electron chi connectivity index (χ3n) is 7.35. The van der Waals surface area contributed by atoms with Crippen molar-refractivity contribution in [2.75, 3.05) is 18.5 Å². The Labute approximate surface area is 249 Å². The number of halogens is 3. The van der Waals surface area contributed by atoms with Crippen LogP contribution in [0.4, 0.5) is 10.1 Å². The Hall–Kier alpha value is -3.35. The summed E-state index contributed by atoms with van der Waals surface area (Å²) in [6, 6.07) is 13.9. The van der Waals surface area contributed by atoms with Gasteiger partial charge in [-0.15, -0.1) is 5.54 Å². The van der Waals surface area contributed by atoms with Crippen molar-refractivity contribution in [3.05, 3.63) is 92.7 Å². The first-order valence-electron chi connectivity index (χ1n) is 13.2. The number of carbonyl (C=O) groups excluding carboxylic acids is 2. The van der Waals surface area contributed by atoms with Gasteiger partial charge in [-0.1, -0.05) is 67.0 Å². The number of carbonyl (C=O) groups is 2. The SMILES string of the molecule is C[Si](C)(C)C#Cc1ccc(OCCO)c(C2NC(=O)CC(c3cccc(Cl)c3)C23C(=O)Nc2cc(Cl)ccc23)c1F. The highest BCUT2D eigenvalue weighted by Gasteiger charge is 2.62. The van der Waals surface area contributed by atoms with Gasteiger partial charge in [-0.3, -0.25) is 9.59 Å². The average molecular weight is 612 g/mol. The summed E-state index contributed by atoms with van der Waals surface area (Å²) in [5.41, 5.74) is 3.49. The Morgan fingerprint density at radius 2 is 1.85 bits per heavy atom. The Morgan fingerprint density at radius 1 is 1.10 bits per heavy atom. The second-order valence-corrected chi connectivity index (χ2v) is 16.9. The predicted octanol–water partition coefficient (Wildman–Crippen LogP) is 5.97. The van der Waals surface area contributed by atoms with Gasteiger partial charge in [-0.25, -0.2) is 4.39 Å². The zero-order valence-corrected chi connectivity index (χ0v) is 25.3. The largest absolute Gasteiger partial charge is 0.491 e. The molecular weight excluding hydrogens is 582 g/mol. The number of aliphatic hydroxyl groups is 1. The van der Waals surface area contributed by atoms with Crippen LogP contribution in [0.25, 0.3) is 0 Å². The van der Waals surface area contributed by atoms with Crippen LogP contribution in [-0.2, 0) is 15.0 Å². The van der Waals surface area contributed by atoms with Gasteiger partial charge in [0.25, 0.3) is 0 Å². The number of hydrogen-bond acceptors (Lipinski definition) is 4. The molecule has 5 rings (SSSR count). The minimum Gasteiger partial charge on any atom is -0.491 e. The van der Waals surface area contributed by atoms with Gasteiger partial charge in [0.1, 0.15) is 31.7 Å². The van der Waals surface area contributed by atoms with Crippen molar-refractivity contribution < 1.29 is 23.8 Å². The molecule has 3 N–H and O–H groups in total. The molecule has 0 bridgehead atoms. The maximum absolute atomic E-state index is 16.7. The topological polar surface area (TPSA) is 87.7 Å². The Balaban J connectivity index is 1.84. The van der Waals surface area contributed by atoms with Crippen molar-refractivity contribution in [2.45, 2.75) is 43.4 Å². The van der Waals surface area contributed by atoms with Crippen LogP contribution in [-0.4, -0.2) is 38.2 Å². The molecule has 3 aromatic carbocycles. The first kappa shape index (κ1) is 29.1. The van der Waals surface area contributed by atoms with Gasteiger partial charge in [-0.2, -0.15) is 0 Å². The predicted molar refractivity (Wildman–Crippen MR) is 161 cm³/mol. The first-order valence-corrected chi connectivity index (χ1v) is 17.5. The van der Waals surface area contributed by atoms with Crippen molar-refractivity contribution in [1.82, 2.24) is 5.32 Å². The van der Waals surface area contributed by atoms with Crippen molar-refractivity contribution in [3.63, 3.8) is 0 Å². The van der Waals surface area contributed by atoms with E-state index in [1.165, 1.54) is 6.07 Å². The molecule has 6 nitrogen and oxygen atoms in total. The van der Waals surface area contributed by atoms with E-state index >= 15 is 4.39 Å². The summed E-state index contributed by atoms with van der Waals surface area (Å²) in [5.74, 6) is 0.873. The number of fused-ring (bicyclic) bond motifs is 2. The molecule has 1 spiro atoms. The van der Waals surface area contributed by atoms with Gasteiger partial charge in [0.15, 0.2) is 0 Å². The van der Waals surface area contributed by atoms with Crippen LogP contribution < -0.4 is 15.4 Å². The van der Waals surface area contributed by atoms with Gasteiger partial charge < -0.3 is 20.5 Å². The summed E-state index contributed by atoms with van der Waals surface area (Å²) in [6.07, 6.45) is -0.0457. The number of ether oxygens (including phenoxy) is 1. The Morgan fingerprint density at radius 3 is 2.56 bits per heavy atom. The van der Waals surface area contributed by atoms with Crippen molar-refractivity contribution >= 4 is 48.8 Å². The van der Waals surface area contributed by atoms with Crippen molar-refractivity contribution in [2.24, 2.45) is 0 Å². The van der Waals surface area contributed by atoms with E-state index in [1.54, 1.807) is 42.5 Å². The van der Waals surface area contributed by atoms with E-state index in [0.29, 0.717) is 26.9 Å². The second kappa shape index (κ2) is 11.1. The van der Waals surface area contributed by atoms with Gasteiger partial charge in [-0.05, 0) is 47.5 Å². The number of nitrogens with one attached hydrogen (secondary N) is 2. The fourth-order valence-electron chi connectivity index (χ4n) is 5.72. The highest BCUT2D eigenvalue weighted by atomic mass is 35.5. The van der Waals surface area contributed by atoms with Crippen molar-refractivity contribution in [3.8, 4) is 17.2 Å². The monoisotopic (exact) mass is 610 g/mol. The molecular formula is C31H29Cl2FN2O4Si. The van der Waals surface area contributed by atoms with Crippen LogP contribution in [0.3, 0.4) is 0 Å². The van der Waals surface area contributed by atoms with Crippen LogP contribution in [0.2, 0.25) is 29.7 Å². The minimum absolute atomic E-state index is 0.0150. The summed E-state index contributed by atoms with van der Waals surface area (Å²) >= 11 is 12.7. The maximum atomic E-state index is 16.7. The summed E-state index contributed by atoms with van der Waals surface area (Å²) < 4.78 is 22.5. The highest BCUT2D eigenvalue weighted by molar-refractivity contribution is 6.83. The summed E-state index contributed by atoms with van der Waals surface area (Å²) in [7, 11) is -1.87. The lowest BCUT2D eigenvalue weighted by atomic mass is 9.59. The van der Waals surface area contributed by atoms with Crippen LogP contribution >= 0.6 is 23.2 Å². The highest BCUT2D eigenvalue weighted by Crippen LogP contribution is 2.59. The number of anilines is 1. The molecule has 0 saturated carbocycles. The molecule has 1 saturated heterocycles. The van der Waals surface area contributed by atoms with E-state index in [4.69, 9.17) is 27.9 Å².